The molecular weight excluding hydrogens is 166 g/mol. The molecule has 1 radical (unpaired) electrons. The smallest absolute Gasteiger partial charge is 0.101 e. The van der Waals surface area contributed by atoms with E-state index in [2.05, 4.69) is 23.0 Å². The van der Waals surface area contributed by atoms with Crippen LogP contribution in [0.5, 0.6) is 0 Å². The topological polar surface area (TPSA) is 30.3 Å². The van der Waals surface area contributed by atoms with Gasteiger partial charge in [0.15, 0.2) is 0 Å². The van der Waals surface area contributed by atoms with E-state index >= 15 is 0 Å². The summed E-state index contributed by atoms with van der Waals surface area (Å²) >= 11 is 0. The van der Waals surface area contributed by atoms with E-state index < -0.39 is 0 Å². The Morgan fingerprint density at radius 1 is 1.46 bits per heavy atom. The van der Waals surface area contributed by atoms with Gasteiger partial charge in [0.2, 0.25) is 0 Å². The Morgan fingerprint density at radius 3 is 2.85 bits per heavy atom. The van der Waals surface area contributed by atoms with Gasteiger partial charge < -0.3 is 4.74 Å². The van der Waals surface area contributed by atoms with Crippen LogP contribution in [0.3, 0.4) is 0 Å². The minimum atomic E-state index is 0.315. The first-order valence-corrected chi connectivity index (χ1v) is 4.60. The summed E-state index contributed by atoms with van der Waals surface area (Å²) in [6.45, 7) is 5.78. The molecular formula is C9H14N3O. The van der Waals surface area contributed by atoms with Gasteiger partial charge >= 0.3 is 0 Å². The second-order valence-corrected chi connectivity index (χ2v) is 3.20. The molecule has 1 saturated heterocycles. The van der Waals surface area contributed by atoms with Crippen LogP contribution in [0.15, 0.2) is 12.4 Å². The maximum Gasteiger partial charge on any atom is 0.101 e. The van der Waals surface area contributed by atoms with Crippen molar-refractivity contribution in [2.24, 2.45) is 0 Å². The van der Waals surface area contributed by atoms with Crippen LogP contribution in [-0.4, -0.2) is 41.0 Å². The van der Waals surface area contributed by atoms with Gasteiger partial charge in [-0.3, -0.25) is 9.58 Å². The lowest BCUT2D eigenvalue weighted by molar-refractivity contribution is 0.000496. The molecule has 0 saturated carbocycles. The minimum Gasteiger partial charge on any atom is -0.379 e. The number of hydrogen-bond donors (Lipinski definition) is 0. The molecule has 1 fully saturated rings. The number of ether oxygens (including phenoxy) is 1. The maximum atomic E-state index is 5.29. The molecule has 1 unspecified atom stereocenters. The van der Waals surface area contributed by atoms with E-state index in [1.807, 2.05) is 10.9 Å². The third-order valence-electron chi connectivity index (χ3n) is 2.43. The highest BCUT2D eigenvalue weighted by Crippen LogP contribution is 2.12. The quantitative estimate of drug-likeness (QED) is 0.665. The van der Waals surface area contributed by atoms with Gasteiger partial charge in [-0.05, 0) is 6.92 Å². The van der Waals surface area contributed by atoms with Gasteiger partial charge in [0.05, 0.1) is 19.4 Å². The lowest BCUT2D eigenvalue weighted by atomic mass is 10.4. The van der Waals surface area contributed by atoms with E-state index in [9.17, 15) is 0 Å². The highest BCUT2D eigenvalue weighted by Gasteiger charge is 2.17. The van der Waals surface area contributed by atoms with Gasteiger partial charge in [0, 0.05) is 25.4 Å². The van der Waals surface area contributed by atoms with E-state index in [-0.39, 0.29) is 0 Å². The van der Waals surface area contributed by atoms with Crippen LogP contribution >= 0.6 is 0 Å². The normalized spacial score (nSPS) is 21.6. The van der Waals surface area contributed by atoms with Crippen LogP contribution in [0.1, 0.15) is 13.1 Å². The Hall–Kier alpha value is -0.870. The lowest BCUT2D eigenvalue weighted by Crippen LogP contribution is -2.40. The van der Waals surface area contributed by atoms with Gasteiger partial charge in [-0.2, -0.15) is 5.10 Å². The third-order valence-corrected chi connectivity index (χ3v) is 2.43. The van der Waals surface area contributed by atoms with E-state index in [1.54, 1.807) is 6.20 Å². The maximum absolute atomic E-state index is 5.29. The molecule has 2 heterocycles. The van der Waals surface area contributed by atoms with Gasteiger partial charge in [-0.25, -0.2) is 0 Å². The molecule has 71 valence electrons. The molecule has 2 rings (SSSR count). The SMILES string of the molecule is CC(N1CCOCC1)n1c[c]cn1. The molecule has 13 heavy (non-hydrogen) atoms. The Bertz CT molecular complexity index is 241. The molecule has 0 spiro atoms. The van der Waals surface area contributed by atoms with Gasteiger partial charge in [-0.15, -0.1) is 0 Å². The third kappa shape index (κ3) is 1.89. The molecule has 1 atom stereocenters. The molecule has 0 amide bonds. The zero-order valence-electron chi connectivity index (χ0n) is 7.81. The Morgan fingerprint density at radius 2 is 2.23 bits per heavy atom. The molecule has 0 bridgehead atoms. The van der Waals surface area contributed by atoms with Crippen LogP contribution in [0, 0.1) is 6.07 Å². The summed E-state index contributed by atoms with van der Waals surface area (Å²) in [5.41, 5.74) is 0. The van der Waals surface area contributed by atoms with Crippen molar-refractivity contribution in [1.82, 2.24) is 14.7 Å². The summed E-state index contributed by atoms with van der Waals surface area (Å²) in [6, 6.07) is 2.94. The summed E-state index contributed by atoms with van der Waals surface area (Å²) in [7, 11) is 0. The van der Waals surface area contributed by atoms with Gasteiger partial charge in [-0.1, -0.05) is 0 Å². The van der Waals surface area contributed by atoms with Crippen molar-refractivity contribution >= 4 is 0 Å². The van der Waals surface area contributed by atoms with Gasteiger partial charge in [0.1, 0.15) is 6.17 Å². The second-order valence-electron chi connectivity index (χ2n) is 3.20. The molecule has 1 aliphatic heterocycles. The molecule has 0 aromatic carbocycles. The zero-order chi connectivity index (χ0) is 9.10. The predicted octanol–water partition coefficient (Wildman–Crippen LogP) is 0.534. The zero-order valence-corrected chi connectivity index (χ0v) is 7.81. The van der Waals surface area contributed by atoms with Crippen molar-refractivity contribution in [2.75, 3.05) is 26.3 Å². The summed E-state index contributed by atoms with van der Waals surface area (Å²) < 4.78 is 7.21. The average Bonchev–Trinajstić information content (AvgIpc) is 2.71. The number of morpholine rings is 1. The minimum absolute atomic E-state index is 0.315. The second kappa shape index (κ2) is 3.89. The van der Waals surface area contributed by atoms with Crippen molar-refractivity contribution in [2.45, 2.75) is 13.1 Å². The molecule has 1 aromatic heterocycles. The van der Waals surface area contributed by atoms with Crippen LogP contribution in [-0.2, 0) is 4.74 Å². The van der Waals surface area contributed by atoms with Crippen LogP contribution in [0.4, 0.5) is 0 Å². The highest BCUT2D eigenvalue weighted by molar-refractivity contribution is 4.78. The van der Waals surface area contributed by atoms with E-state index in [4.69, 9.17) is 4.74 Å². The van der Waals surface area contributed by atoms with Crippen LogP contribution in [0.25, 0.3) is 0 Å². The summed E-state index contributed by atoms with van der Waals surface area (Å²) in [5.74, 6) is 0. The van der Waals surface area contributed by atoms with E-state index in [0.29, 0.717) is 6.17 Å². The first-order chi connectivity index (χ1) is 6.38. The predicted molar refractivity (Wildman–Crippen MR) is 48.2 cm³/mol. The number of nitrogens with zero attached hydrogens (tertiary/aromatic N) is 3. The molecule has 4 nitrogen and oxygen atoms in total. The standard InChI is InChI=1S/C9H14N3O/c1-9(12-4-2-3-10-12)11-5-7-13-8-6-11/h3-4,9H,5-8H2,1H3. The molecule has 0 aliphatic carbocycles. The molecule has 0 N–H and O–H groups in total. The Kier molecular flexibility index (Phi) is 2.61. The monoisotopic (exact) mass is 180 g/mol. The summed E-state index contributed by atoms with van der Waals surface area (Å²) in [6.07, 6.45) is 3.88. The van der Waals surface area contributed by atoms with Crippen LogP contribution in [0.2, 0.25) is 0 Å². The summed E-state index contributed by atoms with van der Waals surface area (Å²) in [4.78, 5) is 2.35. The first kappa shape index (κ1) is 8.72. The Balaban J connectivity index is 1.99. The Labute approximate surface area is 78.1 Å². The molecule has 4 heteroatoms. The number of rotatable bonds is 2. The van der Waals surface area contributed by atoms with Crippen LogP contribution < -0.4 is 0 Å². The fraction of sp³-hybridized carbons (Fsp3) is 0.667. The lowest BCUT2D eigenvalue weighted by Gasteiger charge is -2.32. The molecule has 1 aliphatic rings. The van der Waals surface area contributed by atoms with E-state index in [0.717, 1.165) is 26.3 Å². The largest absolute Gasteiger partial charge is 0.379 e. The van der Waals surface area contributed by atoms with Crippen molar-refractivity contribution in [1.29, 1.82) is 0 Å². The fourth-order valence-corrected chi connectivity index (χ4v) is 1.57. The van der Waals surface area contributed by atoms with Crippen molar-refractivity contribution in [3.05, 3.63) is 18.5 Å². The fourth-order valence-electron chi connectivity index (χ4n) is 1.57. The first-order valence-electron chi connectivity index (χ1n) is 4.60. The van der Waals surface area contributed by atoms with Gasteiger partial charge in [0.25, 0.3) is 0 Å². The summed E-state index contributed by atoms with van der Waals surface area (Å²) in [5, 5.41) is 4.17. The number of aromatic nitrogens is 2. The highest BCUT2D eigenvalue weighted by atomic mass is 16.5. The molecule has 1 aromatic rings. The average molecular weight is 180 g/mol. The number of hydrogen-bond acceptors (Lipinski definition) is 3. The van der Waals surface area contributed by atoms with Crippen molar-refractivity contribution in [3.63, 3.8) is 0 Å². The van der Waals surface area contributed by atoms with Crippen molar-refractivity contribution < 1.29 is 4.74 Å². The van der Waals surface area contributed by atoms with Crippen molar-refractivity contribution in [3.8, 4) is 0 Å². The van der Waals surface area contributed by atoms with E-state index in [1.165, 1.54) is 0 Å².